The molecular weight excluding hydrogens is 246 g/mol. The summed E-state index contributed by atoms with van der Waals surface area (Å²) in [6, 6.07) is 10.0. The Hall–Kier alpha value is -1.22. The number of nitrogens with one attached hydrogen (secondary N) is 1. The van der Waals surface area contributed by atoms with Crippen molar-refractivity contribution >= 4 is 11.4 Å². The van der Waals surface area contributed by atoms with E-state index in [0.717, 1.165) is 13.1 Å². The Kier molecular flexibility index (Phi) is 5.30. The normalized spacial score (nSPS) is 22.9. The predicted molar refractivity (Wildman–Crippen MR) is 88.9 cm³/mol. The minimum Gasteiger partial charge on any atom is -0.376 e. The van der Waals surface area contributed by atoms with Crippen LogP contribution in [-0.4, -0.2) is 39.3 Å². The molecule has 2 atom stereocenters. The molecule has 0 amide bonds. The van der Waals surface area contributed by atoms with Crippen LogP contribution < -0.4 is 15.1 Å². The van der Waals surface area contributed by atoms with Crippen LogP contribution in [0.25, 0.3) is 0 Å². The number of nitrogens with zero attached hydrogens (tertiary/aromatic N) is 2. The highest BCUT2D eigenvalue weighted by molar-refractivity contribution is 5.71. The zero-order valence-electron chi connectivity index (χ0n) is 13.4. The number of para-hydroxylation sites is 2. The molecule has 1 fully saturated rings. The van der Waals surface area contributed by atoms with E-state index in [2.05, 4.69) is 67.3 Å². The van der Waals surface area contributed by atoms with Gasteiger partial charge in [0.1, 0.15) is 0 Å². The summed E-state index contributed by atoms with van der Waals surface area (Å²) in [5, 5.41) is 3.71. The lowest BCUT2D eigenvalue weighted by Crippen LogP contribution is -2.56. The van der Waals surface area contributed by atoms with E-state index in [-0.39, 0.29) is 0 Å². The molecule has 2 rings (SSSR count). The van der Waals surface area contributed by atoms with Crippen LogP contribution in [0, 0.1) is 0 Å². The molecule has 3 heteroatoms. The van der Waals surface area contributed by atoms with Crippen LogP contribution in [-0.2, 0) is 0 Å². The largest absolute Gasteiger partial charge is 0.376 e. The van der Waals surface area contributed by atoms with Crippen molar-refractivity contribution in [2.45, 2.75) is 45.2 Å². The standard InChI is InChI=1S/C17H29N3/c1-5-9-14-13-20(15(6-2)12-18-14)17-11-8-7-10-16(17)19(3)4/h7-8,10-11,14-15,18H,5-6,9,12-13H2,1-4H3. The molecule has 1 saturated heterocycles. The van der Waals surface area contributed by atoms with Gasteiger partial charge < -0.3 is 15.1 Å². The van der Waals surface area contributed by atoms with Gasteiger partial charge in [-0.25, -0.2) is 0 Å². The molecule has 112 valence electrons. The number of anilines is 2. The van der Waals surface area contributed by atoms with Crippen molar-refractivity contribution in [3.63, 3.8) is 0 Å². The first-order chi connectivity index (χ1) is 9.67. The number of rotatable bonds is 5. The molecule has 1 aromatic rings. The van der Waals surface area contributed by atoms with Crippen LogP contribution in [0.1, 0.15) is 33.1 Å². The maximum atomic E-state index is 3.71. The number of hydrogen-bond acceptors (Lipinski definition) is 3. The average molecular weight is 275 g/mol. The summed E-state index contributed by atoms with van der Waals surface area (Å²) in [5.74, 6) is 0. The molecule has 0 bridgehead atoms. The number of benzene rings is 1. The summed E-state index contributed by atoms with van der Waals surface area (Å²) in [5.41, 5.74) is 2.70. The van der Waals surface area contributed by atoms with E-state index < -0.39 is 0 Å². The van der Waals surface area contributed by atoms with Gasteiger partial charge in [-0.1, -0.05) is 32.4 Å². The molecule has 1 aliphatic rings. The van der Waals surface area contributed by atoms with Gasteiger partial charge in [0.15, 0.2) is 0 Å². The van der Waals surface area contributed by atoms with Crippen LogP contribution in [0.5, 0.6) is 0 Å². The third-order valence-electron chi connectivity index (χ3n) is 4.28. The molecule has 1 aromatic carbocycles. The van der Waals surface area contributed by atoms with E-state index in [0.29, 0.717) is 12.1 Å². The fourth-order valence-electron chi connectivity index (χ4n) is 3.15. The second-order valence-corrected chi connectivity index (χ2v) is 5.99. The van der Waals surface area contributed by atoms with Gasteiger partial charge >= 0.3 is 0 Å². The third kappa shape index (κ3) is 3.26. The molecule has 0 aromatic heterocycles. The Morgan fingerprint density at radius 1 is 1.25 bits per heavy atom. The quantitative estimate of drug-likeness (QED) is 0.891. The highest BCUT2D eigenvalue weighted by atomic mass is 15.3. The third-order valence-corrected chi connectivity index (χ3v) is 4.28. The van der Waals surface area contributed by atoms with Gasteiger partial charge in [0, 0.05) is 39.3 Å². The molecule has 0 saturated carbocycles. The fourth-order valence-corrected chi connectivity index (χ4v) is 3.15. The number of hydrogen-bond donors (Lipinski definition) is 1. The first-order valence-corrected chi connectivity index (χ1v) is 7.93. The van der Waals surface area contributed by atoms with Gasteiger partial charge in [0.05, 0.1) is 11.4 Å². The van der Waals surface area contributed by atoms with Gasteiger partial charge in [-0.3, -0.25) is 0 Å². The highest BCUT2D eigenvalue weighted by Gasteiger charge is 2.27. The van der Waals surface area contributed by atoms with Crippen LogP contribution in [0.3, 0.4) is 0 Å². The Labute approximate surface area is 124 Å². The maximum Gasteiger partial charge on any atom is 0.0607 e. The fraction of sp³-hybridized carbons (Fsp3) is 0.647. The van der Waals surface area contributed by atoms with E-state index in [1.807, 2.05) is 0 Å². The van der Waals surface area contributed by atoms with Crippen molar-refractivity contribution in [1.29, 1.82) is 0 Å². The molecule has 0 spiro atoms. The first-order valence-electron chi connectivity index (χ1n) is 7.93. The summed E-state index contributed by atoms with van der Waals surface area (Å²) in [6.07, 6.45) is 3.70. The van der Waals surface area contributed by atoms with Gasteiger partial charge in [0.2, 0.25) is 0 Å². The molecule has 1 N–H and O–H groups in total. The lowest BCUT2D eigenvalue weighted by Gasteiger charge is -2.43. The maximum absolute atomic E-state index is 3.71. The second kappa shape index (κ2) is 6.98. The van der Waals surface area contributed by atoms with E-state index in [1.54, 1.807) is 0 Å². The molecule has 3 nitrogen and oxygen atoms in total. The summed E-state index contributed by atoms with van der Waals surface area (Å²) in [4.78, 5) is 4.84. The minimum atomic E-state index is 0.601. The molecular formula is C17H29N3. The summed E-state index contributed by atoms with van der Waals surface area (Å²) in [7, 11) is 4.26. The van der Waals surface area contributed by atoms with Crippen molar-refractivity contribution in [3.8, 4) is 0 Å². The van der Waals surface area contributed by atoms with Gasteiger partial charge in [-0.2, -0.15) is 0 Å². The smallest absolute Gasteiger partial charge is 0.0607 e. The summed E-state index contributed by atoms with van der Waals surface area (Å²) < 4.78 is 0. The lowest BCUT2D eigenvalue weighted by atomic mass is 10.0. The van der Waals surface area contributed by atoms with E-state index in [4.69, 9.17) is 0 Å². The van der Waals surface area contributed by atoms with Crippen molar-refractivity contribution in [2.75, 3.05) is 37.0 Å². The lowest BCUT2D eigenvalue weighted by molar-refractivity contribution is 0.369. The average Bonchev–Trinajstić information content (AvgIpc) is 2.47. The van der Waals surface area contributed by atoms with Gasteiger partial charge in [0.25, 0.3) is 0 Å². The van der Waals surface area contributed by atoms with Crippen molar-refractivity contribution < 1.29 is 0 Å². The van der Waals surface area contributed by atoms with Crippen LogP contribution in [0.15, 0.2) is 24.3 Å². The molecule has 0 aliphatic carbocycles. The Morgan fingerprint density at radius 3 is 2.65 bits per heavy atom. The Balaban J connectivity index is 2.26. The van der Waals surface area contributed by atoms with E-state index >= 15 is 0 Å². The zero-order valence-corrected chi connectivity index (χ0v) is 13.4. The minimum absolute atomic E-state index is 0.601. The van der Waals surface area contributed by atoms with Gasteiger partial charge in [-0.15, -0.1) is 0 Å². The van der Waals surface area contributed by atoms with Gasteiger partial charge in [-0.05, 0) is 25.0 Å². The van der Waals surface area contributed by atoms with E-state index in [1.165, 1.54) is 30.6 Å². The molecule has 1 heterocycles. The topological polar surface area (TPSA) is 18.5 Å². The van der Waals surface area contributed by atoms with Crippen LogP contribution in [0.2, 0.25) is 0 Å². The first kappa shape index (κ1) is 15.2. The highest BCUT2D eigenvalue weighted by Crippen LogP contribution is 2.31. The van der Waals surface area contributed by atoms with Crippen molar-refractivity contribution in [1.82, 2.24) is 5.32 Å². The molecule has 2 unspecified atom stereocenters. The van der Waals surface area contributed by atoms with Crippen LogP contribution in [0.4, 0.5) is 11.4 Å². The SMILES string of the molecule is CCCC1CN(c2ccccc2N(C)C)C(CC)CN1. The van der Waals surface area contributed by atoms with E-state index in [9.17, 15) is 0 Å². The zero-order chi connectivity index (χ0) is 14.5. The number of piperazine rings is 1. The Bertz CT molecular complexity index is 416. The Morgan fingerprint density at radius 2 is 2.00 bits per heavy atom. The summed E-state index contributed by atoms with van der Waals surface area (Å²) in [6.45, 7) is 6.78. The molecule has 1 aliphatic heterocycles. The monoisotopic (exact) mass is 275 g/mol. The van der Waals surface area contributed by atoms with Crippen molar-refractivity contribution in [3.05, 3.63) is 24.3 Å². The van der Waals surface area contributed by atoms with Crippen LogP contribution >= 0.6 is 0 Å². The predicted octanol–water partition coefficient (Wildman–Crippen LogP) is 3.11. The molecule has 20 heavy (non-hydrogen) atoms. The second-order valence-electron chi connectivity index (χ2n) is 5.99. The summed E-state index contributed by atoms with van der Waals surface area (Å²) >= 11 is 0. The van der Waals surface area contributed by atoms with Crippen molar-refractivity contribution in [2.24, 2.45) is 0 Å². The molecule has 0 radical (unpaired) electrons.